The first-order chi connectivity index (χ1) is 13.1. The molecule has 0 saturated carbocycles. The van der Waals surface area contributed by atoms with E-state index in [0.29, 0.717) is 21.5 Å². The Kier molecular flexibility index (Phi) is 4.84. The van der Waals surface area contributed by atoms with Gasteiger partial charge in [-0.25, -0.2) is 4.98 Å². The quantitative estimate of drug-likeness (QED) is 0.367. The maximum absolute atomic E-state index is 6.17. The van der Waals surface area contributed by atoms with Crippen LogP contribution < -0.4 is 4.74 Å². The maximum Gasteiger partial charge on any atom is 0.227 e. The van der Waals surface area contributed by atoms with Crippen molar-refractivity contribution in [3.8, 4) is 17.2 Å². The van der Waals surface area contributed by atoms with E-state index in [4.69, 9.17) is 32.4 Å². The highest BCUT2D eigenvalue weighted by atomic mass is 35.5. The molecular weight excluding hydrogens is 383 g/mol. The zero-order chi connectivity index (χ0) is 18.8. The highest BCUT2D eigenvalue weighted by molar-refractivity contribution is 6.36. The molecule has 134 valence electrons. The summed E-state index contributed by atoms with van der Waals surface area (Å²) in [5.74, 6) is 1.34. The number of benzene rings is 3. The molecule has 4 nitrogen and oxygen atoms in total. The van der Waals surface area contributed by atoms with E-state index in [1.54, 1.807) is 25.5 Å². The number of methoxy groups -OCH3 is 1. The third-order valence-electron chi connectivity index (χ3n) is 4.02. The van der Waals surface area contributed by atoms with Crippen molar-refractivity contribution in [1.82, 2.24) is 4.98 Å². The second-order valence-electron chi connectivity index (χ2n) is 5.82. The van der Waals surface area contributed by atoms with Gasteiger partial charge in [-0.1, -0.05) is 29.3 Å². The number of ether oxygens (including phenoxy) is 1. The van der Waals surface area contributed by atoms with Crippen molar-refractivity contribution in [3.05, 3.63) is 76.3 Å². The van der Waals surface area contributed by atoms with Gasteiger partial charge in [-0.15, -0.1) is 0 Å². The van der Waals surface area contributed by atoms with E-state index in [9.17, 15) is 0 Å². The minimum absolute atomic E-state index is 0.550. The summed E-state index contributed by atoms with van der Waals surface area (Å²) in [6.07, 6.45) is 1.70. The lowest BCUT2D eigenvalue weighted by Gasteiger charge is -1.99. The van der Waals surface area contributed by atoms with Crippen molar-refractivity contribution in [2.45, 2.75) is 0 Å². The molecule has 0 aliphatic rings. The minimum atomic E-state index is 0.550. The van der Waals surface area contributed by atoms with Crippen LogP contribution in [0.5, 0.6) is 5.75 Å². The van der Waals surface area contributed by atoms with Crippen LogP contribution in [0.15, 0.2) is 70.1 Å². The smallest absolute Gasteiger partial charge is 0.227 e. The fourth-order valence-corrected chi connectivity index (χ4v) is 3.06. The van der Waals surface area contributed by atoms with E-state index in [2.05, 4.69) is 9.98 Å². The van der Waals surface area contributed by atoms with Gasteiger partial charge in [0.2, 0.25) is 5.89 Å². The van der Waals surface area contributed by atoms with Crippen molar-refractivity contribution in [2.75, 3.05) is 7.11 Å². The summed E-state index contributed by atoms with van der Waals surface area (Å²) in [7, 11) is 1.63. The molecule has 0 atom stereocenters. The monoisotopic (exact) mass is 396 g/mol. The van der Waals surface area contributed by atoms with Gasteiger partial charge in [-0.05, 0) is 54.6 Å². The number of rotatable bonds is 4. The Morgan fingerprint density at radius 3 is 2.56 bits per heavy atom. The maximum atomic E-state index is 6.17. The number of fused-ring (bicyclic) bond motifs is 1. The van der Waals surface area contributed by atoms with Gasteiger partial charge in [0.15, 0.2) is 5.58 Å². The van der Waals surface area contributed by atoms with Crippen LogP contribution in [0, 0.1) is 0 Å². The van der Waals surface area contributed by atoms with E-state index in [-0.39, 0.29) is 0 Å². The standard InChI is InChI=1S/C21H14Cl2N2O2/c1-26-17-7-3-13(4-8-17)21-25-19-11-16(6-9-20(19)27-21)24-12-14-2-5-15(22)10-18(14)23/h2-12H,1H3. The SMILES string of the molecule is COc1ccc(-c2nc3cc(N=Cc4ccc(Cl)cc4Cl)ccc3o2)cc1. The van der Waals surface area contributed by atoms with Crippen LogP contribution in [0.1, 0.15) is 5.56 Å². The molecule has 0 fully saturated rings. The summed E-state index contributed by atoms with van der Waals surface area (Å²) in [5.41, 5.74) is 3.86. The Morgan fingerprint density at radius 1 is 1.00 bits per heavy atom. The number of nitrogens with zero attached hydrogens (tertiary/aromatic N) is 2. The fourth-order valence-electron chi connectivity index (χ4n) is 2.60. The average molecular weight is 397 g/mol. The van der Waals surface area contributed by atoms with Gasteiger partial charge in [0.05, 0.1) is 17.8 Å². The molecule has 0 spiro atoms. The summed E-state index contributed by atoms with van der Waals surface area (Å²) in [6.45, 7) is 0. The predicted octanol–water partition coefficient (Wildman–Crippen LogP) is 6.56. The number of halogens is 2. The molecule has 0 aliphatic heterocycles. The molecule has 0 amide bonds. The summed E-state index contributed by atoms with van der Waals surface area (Å²) < 4.78 is 11.0. The van der Waals surface area contributed by atoms with Crippen molar-refractivity contribution >= 4 is 46.2 Å². The van der Waals surface area contributed by atoms with E-state index in [1.165, 1.54) is 0 Å². The molecule has 4 rings (SSSR count). The van der Waals surface area contributed by atoms with Crippen LogP contribution >= 0.6 is 23.2 Å². The van der Waals surface area contributed by atoms with Crippen LogP contribution in [0.2, 0.25) is 10.0 Å². The Morgan fingerprint density at radius 2 is 1.81 bits per heavy atom. The van der Waals surface area contributed by atoms with Gasteiger partial charge in [0, 0.05) is 22.4 Å². The summed E-state index contributed by atoms with van der Waals surface area (Å²) in [4.78, 5) is 9.03. The summed E-state index contributed by atoms with van der Waals surface area (Å²) in [6, 6.07) is 18.4. The van der Waals surface area contributed by atoms with E-state index < -0.39 is 0 Å². The van der Waals surface area contributed by atoms with Gasteiger partial charge in [-0.2, -0.15) is 0 Å². The Hall–Kier alpha value is -2.82. The van der Waals surface area contributed by atoms with Crippen LogP contribution in [0.4, 0.5) is 5.69 Å². The third kappa shape index (κ3) is 3.82. The van der Waals surface area contributed by atoms with Crippen LogP contribution in [0.25, 0.3) is 22.6 Å². The lowest BCUT2D eigenvalue weighted by atomic mass is 10.2. The topological polar surface area (TPSA) is 47.6 Å². The largest absolute Gasteiger partial charge is 0.497 e. The van der Waals surface area contributed by atoms with Gasteiger partial charge in [-0.3, -0.25) is 4.99 Å². The average Bonchev–Trinajstić information content (AvgIpc) is 3.11. The second kappa shape index (κ2) is 7.43. The van der Waals surface area contributed by atoms with Crippen LogP contribution in [-0.4, -0.2) is 18.3 Å². The zero-order valence-corrected chi connectivity index (χ0v) is 15.8. The number of oxazole rings is 1. The highest BCUT2D eigenvalue weighted by Gasteiger charge is 2.09. The normalized spacial score (nSPS) is 11.4. The first kappa shape index (κ1) is 17.6. The van der Waals surface area contributed by atoms with E-state index >= 15 is 0 Å². The molecular formula is C21H14Cl2N2O2. The van der Waals surface area contributed by atoms with E-state index in [0.717, 1.165) is 28.1 Å². The van der Waals surface area contributed by atoms with Crippen molar-refractivity contribution < 1.29 is 9.15 Å². The van der Waals surface area contributed by atoms with Crippen molar-refractivity contribution in [3.63, 3.8) is 0 Å². The van der Waals surface area contributed by atoms with Gasteiger partial charge in [0.1, 0.15) is 11.3 Å². The molecule has 3 aromatic carbocycles. The first-order valence-corrected chi connectivity index (χ1v) is 8.92. The van der Waals surface area contributed by atoms with Crippen LogP contribution in [-0.2, 0) is 0 Å². The molecule has 1 aromatic heterocycles. The van der Waals surface area contributed by atoms with Crippen molar-refractivity contribution in [1.29, 1.82) is 0 Å². The molecule has 0 unspecified atom stereocenters. The first-order valence-electron chi connectivity index (χ1n) is 8.16. The highest BCUT2D eigenvalue weighted by Crippen LogP contribution is 2.28. The van der Waals surface area contributed by atoms with Gasteiger partial charge in [0.25, 0.3) is 0 Å². The summed E-state index contributed by atoms with van der Waals surface area (Å²) >= 11 is 12.1. The summed E-state index contributed by atoms with van der Waals surface area (Å²) in [5, 5.41) is 1.14. The second-order valence-corrected chi connectivity index (χ2v) is 6.67. The molecule has 4 aromatic rings. The Labute approximate surface area is 166 Å². The Bertz CT molecular complexity index is 1130. The lowest BCUT2D eigenvalue weighted by Crippen LogP contribution is -1.82. The minimum Gasteiger partial charge on any atom is -0.497 e. The zero-order valence-electron chi connectivity index (χ0n) is 14.3. The molecule has 27 heavy (non-hydrogen) atoms. The molecule has 1 heterocycles. The number of hydrogen-bond acceptors (Lipinski definition) is 4. The third-order valence-corrected chi connectivity index (χ3v) is 4.59. The molecule has 0 bridgehead atoms. The van der Waals surface area contributed by atoms with Crippen LogP contribution in [0.3, 0.4) is 0 Å². The van der Waals surface area contributed by atoms with E-state index in [1.807, 2.05) is 48.5 Å². The number of aromatic nitrogens is 1. The molecule has 0 radical (unpaired) electrons. The molecule has 0 saturated heterocycles. The van der Waals surface area contributed by atoms with Crippen molar-refractivity contribution in [2.24, 2.45) is 4.99 Å². The Balaban J connectivity index is 1.63. The predicted molar refractivity (Wildman–Crippen MR) is 110 cm³/mol. The number of aliphatic imine (C=N–C) groups is 1. The molecule has 6 heteroatoms. The number of hydrogen-bond donors (Lipinski definition) is 0. The fraction of sp³-hybridized carbons (Fsp3) is 0.0476. The molecule has 0 N–H and O–H groups in total. The molecule has 0 aliphatic carbocycles. The lowest BCUT2D eigenvalue weighted by molar-refractivity contribution is 0.415. The van der Waals surface area contributed by atoms with Gasteiger partial charge < -0.3 is 9.15 Å². The van der Waals surface area contributed by atoms with Gasteiger partial charge >= 0.3 is 0 Å².